The molecule has 1 N–H and O–H groups in total. The van der Waals surface area contributed by atoms with Crippen LogP contribution in [0.2, 0.25) is 0 Å². The van der Waals surface area contributed by atoms with E-state index in [0.29, 0.717) is 15.8 Å². The fourth-order valence-corrected chi connectivity index (χ4v) is 3.58. The maximum atomic E-state index is 11.4. The normalized spacial score (nSPS) is 12.3. The van der Waals surface area contributed by atoms with Gasteiger partial charge in [-0.3, -0.25) is 0 Å². The summed E-state index contributed by atoms with van der Waals surface area (Å²) in [6.07, 6.45) is 1.10. The number of carbonyl (C=O) groups is 1. The first-order valence-electron chi connectivity index (χ1n) is 6.51. The van der Waals surface area contributed by atoms with Crippen LogP contribution in [0.3, 0.4) is 0 Å². The molecule has 5 heteroatoms. The summed E-state index contributed by atoms with van der Waals surface area (Å²) < 4.78 is 0. The maximum absolute atomic E-state index is 11.4. The second kappa shape index (κ2) is 6.90. The van der Waals surface area contributed by atoms with E-state index in [0.717, 1.165) is 22.7 Å². The lowest BCUT2D eigenvalue weighted by Crippen LogP contribution is -1.95. The summed E-state index contributed by atoms with van der Waals surface area (Å²) in [5.41, 5.74) is 1.45. The van der Waals surface area contributed by atoms with Crippen molar-refractivity contribution in [3.05, 3.63) is 40.2 Å². The topological polar surface area (TPSA) is 50.2 Å². The van der Waals surface area contributed by atoms with Crippen LogP contribution in [0.25, 0.3) is 11.3 Å². The number of hydrogen-bond acceptors (Lipinski definition) is 4. The molecule has 0 bridgehead atoms. The van der Waals surface area contributed by atoms with Crippen LogP contribution in [-0.4, -0.2) is 21.3 Å². The summed E-state index contributed by atoms with van der Waals surface area (Å²) in [6, 6.07) is 9.50. The number of nitrogens with zero attached hydrogens (tertiary/aromatic N) is 1. The molecule has 20 heavy (non-hydrogen) atoms. The van der Waals surface area contributed by atoms with Gasteiger partial charge in [-0.1, -0.05) is 44.2 Å². The zero-order valence-corrected chi connectivity index (χ0v) is 13.1. The summed E-state index contributed by atoms with van der Waals surface area (Å²) in [5.74, 6) is -0.131. The van der Waals surface area contributed by atoms with Crippen molar-refractivity contribution in [3.63, 3.8) is 0 Å². The molecular weight excluding hydrogens is 290 g/mol. The fourth-order valence-electron chi connectivity index (χ4n) is 1.69. The van der Waals surface area contributed by atoms with E-state index in [-0.39, 0.29) is 0 Å². The van der Waals surface area contributed by atoms with E-state index in [4.69, 9.17) is 0 Å². The van der Waals surface area contributed by atoms with Gasteiger partial charge in [-0.05, 0) is 6.42 Å². The van der Waals surface area contributed by atoms with E-state index < -0.39 is 5.97 Å². The summed E-state index contributed by atoms with van der Waals surface area (Å²) in [4.78, 5) is 16.2. The molecule has 2 rings (SSSR count). The highest BCUT2D eigenvalue weighted by molar-refractivity contribution is 7.99. The molecule has 0 saturated carbocycles. The van der Waals surface area contributed by atoms with Gasteiger partial charge >= 0.3 is 5.97 Å². The van der Waals surface area contributed by atoms with E-state index >= 15 is 0 Å². The van der Waals surface area contributed by atoms with E-state index in [1.54, 1.807) is 0 Å². The number of aromatic nitrogens is 1. The molecule has 0 spiro atoms. The highest BCUT2D eigenvalue weighted by atomic mass is 32.2. The van der Waals surface area contributed by atoms with E-state index in [9.17, 15) is 9.90 Å². The number of benzene rings is 1. The van der Waals surface area contributed by atoms with Crippen molar-refractivity contribution >= 4 is 29.1 Å². The molecule has 0 saturated heterocycles. The van der Waals surface area contributed by atoms with Crippen molar-refractivity contribution in [2.75, 3.05) is 0 Å². The van der Waals surface area contributed by atoms with Crippen LogP contribution in [0.15, 0.2) is 30.3 Å². The number of thioether (sulfide) groups is 1. The molecule has 0 radical (unpaired) electrons. The second-order valence-electron chi connectivity index (χ2n) is 4.49. The van der Waals surface area contributed by atoms with Crippen LogP contribution in [0.5, 0.6) is 0 Å². The van der Waals surface area contributed by atoms with Crippen molar-refractivity contribution < 1.29 is 9.90 Å². The summed E-state index contributed by atoms with van der Waals surface area (Å²) in [7, 11) is 0. The minimum Gasteiger partial charge on any atom is -0.477 e. The van der Waals surface area contributed by atoms with Gasteiger partial charge in [0.1, 0.15) is 9.88 Å². The minimum atomic E-state index is -0.902. The first-order valence-corrected chi connectivity index (χ1v) is 8.38. The highest BCUT2D eigenvalue weighted by Gasteiger charge is 2.18. The number of rotatable bonds is 6. The van der Waals surface area contributed by atoms with Gasteiger partial charge in [-0.15, -0.1) is 11.3 Å². The molecule has 0 aliphatic rings. The molecule has 3 nitrogen and oxygen atoms in total. The van der Waals surface area contributed by atoms with Gasteiger partial charge in [0.25, 0.3) is 0 Å². The molecule has 2 aromatic rings. The van der Waals surface area contributed by atoms with Gasteiger partial charge in [-0.2, -0.15) is 11.8 Å². The minimum absolute atomic E-state index is 0.330. The zero-order chi connectivity index (χ0) is 14.5. The summed E-state index contributed by atoms with van der Waals surface area (Å²) >= 11 is 3.10. The van der Waals surface area contributed by atoms with Crippen LogP contribution in [0, 0.1) is 0 Å². The van der Waals surface area contributed by atoms with Crippen molar-refractivity contribution in [2.24, 2.45) is 0 Å². The molecule has 1 aromatic carbocycles. The first kappa shape index (κ1) is 15.1. The average molecular weight is 307 g/mol. The smallest absolute Gasteiger partial charge is 0.348 e. The predicted octanol–water partition coefficient (Wildman–Crippen LogP) is 4.54. The largest absolute Gasteiger partial charge is 0.477 e. The SMILES string of the molecule is CCC(C)SCc1nc(-c2ccccc2)c(C(=O)O)s1. The lowest BCUT2D eigenvalue weighted by Gasteiger charge is -2.05. The Balaban J connectivity index is 2.27. The predicted molar refractivity (Wildman–Crippen MR) is 85.6 cm³/mol. The standard InChI is InChI=1S/C15H17NO2S2/c1-3-10(2)19-9-12-16-13(14(20-12)15(17)18)11-7-5-4-6-8-11/h4-8,10H,3,9H2,1-2H3,(H,17,18). The van der Waals surface area contributed by atoms with E-state index in [2.05, 4.69) is 18.8 Å². The molecule has 1 aromatic heterocycles. The highest BCUT2D eigenvalue weighted by Crippen LogP contribution is 2.31. The van der Waals surface area contributed by atoms with Crippen molar-refractivity contribution in [3.8, 4) is 11.3 Å². The van der Waals surface area contributed by atoms with Gasteiger partial charge in [-0.25, -0.2) is 9.78 Å². The molecule has 1 atom stereocenters. The molecule has 0 fully saturated rings. The first-order chi connectivity index (χ1) is 9.61. The number of carboxylic acid groups (broad SMARTS) is 1. The van der Waals surface area contributed by atoms with Gasteiger partial charge in [0, 0.05) is 16.6 Å². The van der Waals surface area contributed by atoms with Crippen LogP contribution in [0.1, 0.15) is 34.9 Å². The summed E-state index contributed by atoms with van der Waals surface area (Å²) in [5, 5.41) is 10.8. The third-order valence-corrected chi connectivity index (χ3v) is 5.55. The monoisotopic (exact) mass is 307 g/mol. The Morgan fingerprint density at radius 2 is 2.10 bits per heavy atom. The molecule has 1 heterocycles. The molecular formula is C15H17NO2S2. The van der Waals surface area contributed by atoms with Gasteiger partial charge in [0.05, 0.1) is 5.69 Å². The maximum Gasteiger partial charge on any atom is 0.348 e. The van der Waals surface area contributed by atoms with Crippen molar-refractivity contribution in [1.29, 1.82) is 0 Å². The van der Waals surface area contributed by atoms with Crippen molar-refractivity contribution in [2.45, 2.75) is 31.3 Å². The van der Waals surface area contributed by atoms with Gasteiger partial charge < -0.3 is 5.11 Å². The molecule has 0 aliphatic heterocycles. The Kier molecular flexibility index (Phi) is 5.20. The lowest BCUT2D eigenvalue weighted by atomic mass is 10.1. The van der Waals surface area contributed by atoms with Crippen LogP contribution in [-0.2, 0) is 5.75 Å². The molecule has 0 amide bonds. The van der Waals surface area contributed by atoms with Crippen LogP contribution < -0.4 is 0 Å². The molecule has 1 unspecified atom stereocenters. The van der Waals surface area contributed by atoms with Crippen LogP contribution in [0.4, 0.5) is 0 Å². The second-order valence-corrected chi connectivity index (χ2v) is 7.00. The van der Waals surface area contributed by atoms with E-state index in [1.807, 2.05) is 42.1 Å². The number of aromatic carboxylic acids is 1. The Labute approximate surface area is 127 Å². The quantitative estimate of drug-likeness (QED) is 0.851. The lowest BCUT2D eigenvalue weighted by molar-refractivity contribution is 0.0702. The Morgan fingerprint density at radius 1 is 1.40 bits per heavy atom. The molecule has 106 valence electrons. The van der Waals surface area contributed by atoms with Gasteiger partial charge in [0.15, 0.2) is 0 Å². The number of carboxylic acids is 1. The number of thiazole rings is 1. The summed E-state index contributed by atoms with van der Waals surface area (Å²) in [6.45, 7) is 4.33. The Morgan fingerprint density at radius 3 is 2.70 bits per heavy atom. The zero-order valence-electron chi connectivity index (χ0n) is 11.5. The third-order valence-electron chi connectivity index (χ3n) is 2.98. The Hall–Kier alpha value is -1.33. The number of hydrogen-bond donors (Lipinski definition) is 1. The van der Waals surface area contributed by atoms with E-state index in [1.165, 1.54) is 11.3 Å². The molecule has 0 aliphatic carbocycles. The van der Waals surface area contributed by atoms with Crippen LogP contribution >= 0.6 is 23.1 Å². The van der Waals surface area contributed by atoms with Crippen molar-refractivity contribution in [1.82, 2.24) is 4.98 Å². The van der Waals surface area contributed by atoms with Gasteiger partial charge in [0.2, 0.25) is 0 Å². The average Bonchev–Trinajstić information content (AvgIpc) is 2.90. The Bertz CT molecular complexity index is 581. The third kappa shape index (κ3) is 3.61. The fraction of sp³-hybridized carbons (Fsp3) is 0.333.